The van der Waals surface area contributed by atoms with Crippen molar-refractivity contribution in [2.45, 2.75) is 38.1 Å². The minimum absolute atomic E-state index is 0.0322. The summed E-state index contributed by atoms with van der Waals surface area (Å²) in [5.41, 5.74) is 0.794. The molecular formula is C21H26N2O2. The molecule has 1 aliphatic rings. The van der Waals surface area contributed by atoms with Crippen LogP contribution in [0.2, 0.25) is 0 Å². The fourth-order valence-corrected chi connectivity index (χ4v) is 3.31. The lowest BCUT2D eigenvalue weighted by Gasteiger charge is -2.30. The van der Waals surface area contributed by atoms with E-state index < -0.39 is 0 Å². The predicted octanol–water partition coefficient (Wildman–Crippen LogP) is 4.68. The lowest BCUT2D eigenvalue weighted by molar-refractivity contribution is -0.117. The van der Waals surface area contributed by atoms with Gasteiger partial charge in [-0.3, -0.25) is 9.69 Å². The lowest BCUT2D eigenvalue weighted by atomic mass is 9.94. The van der Waals surface area contributed by atoms with Crippen LogP contribution in [0.3, 0.4) is 0 Å². The van der Waals surface area contributed by atoms with Gasteiger partial charge in [0, 0.05) is 11.7 Å². The Labute approximate surface area is 149 Å². The highest BCUT2D eigenvalue weighted by atomic mass is 16.5. The summed E-state index contributed by atoms with van der Waals surface area (Å²) in [6, 6.07) is 17.7. The summed E-state index contributed by atoms with van der Waals surface area (Å²) in [5.74, 6) is 1.58. The van der Waals surface area contributed by atoms with Crippen LogP contribution in [0.5, 0.6) is 11.5 Å². The first-order valence-corrected chi connectivity index (χ1v) is 9.04. The summed E-state index contributed by atoms with van der Waals surface area (Å²) in [6.45, 7) is 0.437. The van der Waals surface area contributed by atoms with Crippen molar-refractivity contribution in [3.63, 3.8) is 0 Å². The SMILES string of the molecule is CN(CC(=O)Nc1ccc(Oc2ccccc2)cc1)C1CCCCC1. The molecule has 2 aromatic carbocycles. The average molecular weight is 338 g/mol. The third-order valence-electron chi connectivity index (χ3n) is 4.71. The van der Waals surface area contributed by atoms with E-state index in [0.717, 1.165) is 17.2 Å². The third kappa shape index (κ3) is 5.33. The summed E-state index contributed by atoms with van der Waals surface area (Å²) in [7, 11) is 2.05. The first-order valence-electron chi connectivity index (χ1n) is 9.04. The number of hydrogen-bond donors (Lipinski definition) is 1. The van der Waals surface area contributed by atoms with Crippen LogP contribution in [0, 0.1) is 0 Å². The number of rotatable bonds is 6. The van der Waals surface area contributed by atoms with Crippen LogP contribution in [-0.4, -0.2) is 30.4 Å². The van der Waals surface area contributed by atoms with Crippen LogP contribution in [0.1, 0.15) is 32.1 Å². The number of nitrogens with zero attached hydrogens (tertiary/aromatic N) is 1. The molecule has 1 N–H and O–H groups in total. The third-order valence-corrected chi connectivity index (χ3v) is 4.71. The van der Waals surface area contributed by atoms with Crippen molar-refractivity contribution in [3.8, 4) is 11.5 Å². The number of anilines is 1. The molecule has 4 nitrogen and oxygen atoms in total. The largest absolute Gasteiger partial charge is 0.457 e. The number of carbonyl (C=O) groups excluding carboxylic acids is 1. The van der Waals surface area contributed by atoms with Gasteiger partial charge in [-0.2, -0.15) is 0 Å². The van der Waals surface area contributed by atoms with Gasteiger partial charge in [0.15, 0.2) is 0 Å². The van der Waals surface area contributed by atoms with Gasteiger partial charge in [0.05, 0.1) is 6.54 Å². The van der Waals surface area contributed by atoms with E-state index in [2.05, 4.69) is 10.2 Å². The van der Waals surface area contributed by atoms with Crippen molar-refractivity contribution < 1.29 is 9.53 Å². The Kier molecular flexibility index (Phi) is 6.07. The van der Waals surface area contributed by atoms with E-state index in [1.54, 1.807) is 0 Å². The number of nitrogens with one attached hydrogen (secondary N) is 1. The summed E-state index contributed by atoms with van der Waals surface area (Å²) >= 11 is 0. The van der Waals surface area contributed by atoms with Crippen molar-refractivity contribution in [1.29, 1.82) is 0 Å². The molecule has 25 heavy (non-hydrogen) atoms. The molecule has 1 amide bonds. The molecule has 0 radical (unpaired) electrons. The Bertz CT molecular complexity index is 664. The van der Waals surface area contributed by atoms with Gasteiger partial charge in [0.1, 0.15) is 11.5 Å². The van der Waals surface area contributed by atoms with Crippen LogP contribution < -0.4 is 10.1 Å². The molecule has 0 aromatic heterocycles. The minimum atomic E-state index is 0.0322. The zero-order valence-electron chi connectivity index (χ0n) is 14.8. The fraction of sp³-hybridized carbons (Fsp3) is 0.381. The second-order valence-electron chi connectivity index (χ2n) is 6.69. The summed E-state index contributed by atoms with van der Waals surface area (Å²) in [6.07, 6.45) is 6.29. The van der Waals surface area contributed by atoms with E-state index in [0.29, 0.717) is 12.6 Å². The van der Waals surface area contributed by atoms with Crippen LogP contribution in [0.15, 0.2) is 54.6 Å². The van der Waals surface area contributed by atoms with E-state index in [-0.39, 0.29) is 5.91 Å². The van der Waals surface area contributed by atoms with Crippen LogP contribution >= 0.6 is 0 Å². The van der Waals surface area contributed by atoms with E-state index in [1.165, 1.54) is 32.1 Å². The number of likely N-dealkylation sites (N-methyl/N-ethyl adjacent to an activating group) is 1. The molecular weight excluding hydrogens is 312 g/mol. The average Bonchev–Trinajstić information content (AvgIpc) is 2.65. The summed E-state index contributed by atoms with van der Waals surface area (Å²) < 4.78 is 5.76. The highest BCUT2D eigenvalue weighted by molar-refractivity contribution is 5.92. The molecule has 0 unspecified atom stereocenters. The predicted molar refractivity (Wildman–Crippen MR) is 101 cm³/mol. The molecule has 1 saturated carbocycles. The smallest absolute Gasteiger partial charge is 0.238 e. The molecule has 0 heterocycles. The van der Waals surface area contributed by atoms with E-state index in [9.17, 15) is 4.79 Å². The van der Waals surface area contributed by atoms with Gasteiger partial charge < -0.3 is 10.1 Å². The van der Waals surface area contributed by atoms with E-state index in [4.69, 9.17) is 4.74 Å². The normalized spacial score (nSPS) is 15.1. The Hall–Kier alpha value is -2.33. The lowest BCUT2D eigenvalue weighted by Crippen LogP contribution is -2.39. The van der Waals surface area contributed by atoms with Crippen molar-refractivity contribution >= 4 is 11.6 Å². The molecule has 1 aliphatic carbocycles. The molecule has 132 valence electrons. The van der Waals surface area contributed by atoms with Crippen LogP contribution in [-0.2, 0) is 4.79 Å². The topological polar surface area (TPSA) is 41.6 Å². The van der Waals surface area contributed by atoms with Crippen molar-refractivity contribution in [1.82, 2.24) is 4.90 Å². The van der Waals surface area contributed by atoms with Crippen molar-refractivity contribution in [2.75, 3.05) is 18.9 Å². The number of hydrogen-bond acceptors (Lipinski definition) is 3. The number of amides is 1. The maximum Gasteiger partial charge on any atom is 0.238 e. The summed E-state index contributed by atoms with van der Waals surface area (Å²) in [4.78, 5) is 14.4. The zero-order chi connectivity index (χ0) is 17.5. The van der Waals surface area contributed by atoms with Crippen LogP contribution in [0.25, 0.3) is 0 Å². The van der Waals surface area contributed by atoms with Crippen LogP contribution in [0.4, 0.5) is 5.69 Å². The van der Waals surface area contributed by atoms with E-state index in [1.807, 2.05) is 61.6 Å². The van der Waals surface area contributed by atoms with Crippen molar-refractivity contribution in [3.05, 3.63) is 54.6 Å². The molecule has 0 bridgehead atoms. The molecule has 0 saturated heterocycles. The number of benzene rings is 2. The Morgan fingerprint density at radius 2 is 1.64 bits per heavy atom. The Morgan fingerprint density at radius 1 is 1.00 bits per heavy atom. The highest BCUT2D eigenvalue weighted by Gasteiger charge is 2.19. The second-order valence-corrected chi connectivity index (χ2v) is 6.69. The van der Waals surface area contributed by atoms with Gasteiger partial charge in [-0.05, 0) is 56.3 Å². The van der Waals surface area contributed by atoms with Gasteiger partial charge in [-0.15, -0.1) is 0 Å². The van der Waals surface area contributed by atoms with E-state index >= 15 is 0 Å². The van der Waals surface area contributed by atoms with Crippen molar-refractivity contribution in [2.24, 2.45) is 0 Å². The molecule has 3 rings (SSSR count). The van der Waals surface area contributed by atoms with Gasteiger partial charge in [-0.1, -0.05) is 37.5 Å². The van der Waals surface area contributed by atoms with Gasteiger partial charge in [0.2, 0.25) is 5.91 Å². The first kappa shape index (κ1) is 17.5. The molecule has 4 heteroatoms. The molecule has 0 aliphatic heterocycles. The monoisotopic (exact) mass is 338 g/mol. The van der Waals surface area contributed by atoms with Gasteiger partial charge in [0.25, 0.3) is 0 Å². The number of ether oxygens (including phenoxy) is 1. The standard InChI is InChI=1S/C21H26N2O2/c1-23(18-8-4-2-5-9-18)16-21(24)22-17-12-14-20(15-13-17)25-19-10-6-3-7-11-19/h3,6-7,10-15,18H,2,4-5,8-9,16H2,1H3,(H,22,24). The quantitative estimate of drug-likeness (QED) is 0.831. The van der Waals surface area contributed by atoms with Gasteiger partial charge in [-0.25, -0.2) is 0 Å². The molecule has 0 atom stereocenters. The number of carbonyl (C=O) groups is 1. The fourth-order valence-electron chi connectivity index (χ4n) is 3.31. The maximum atomic E-state index is 12.3. The van der Waals surface area contributed by atoms with Gasteiger partial charge >= 0.3 is 0 Å². The zero-order valence-corrected chi connectivity index (χ0v) is 14.8. The Morgan fingerprint density at radius 3 is 2.32 bits per heavy atom. The second kappa shape index (κ2) is 8.67. The minimum Gasteiger partial charge on any atom is -0.457 e. The molecule has 0 spiro atoms. The maximum absolute atomic E-state index is 12.3. The Balaban J connectivity index is 1.49. The molecule has 1 fully saturated rings. The highest BCUT2D eigenvalue weighted by Crippen LogP contribution is 2.23. The number of para-hydroxylation sites is 1. The summed E-state index contributed by atoms with van der Waals surface area (Å²) in [5, 5.41) is 2.97. The molecule has 2 aromatic rings. The first-order chi connectivity index (χ1) is 12.2.